The number of nitrogens with one attached hydrogen (secondary N) is 1. The lowest BCUT2D eigenvalue weighted by atomic mass is 9.75. The molecule has 0 unspecified atom stereocenters. The summed E-state index contributed by atoms with van der Waals surface area (Å²) in [6.07, 6.45) is 8.26. The normalized spacial score (nSPS) is 19.6. The molecule has 3 N–H and O–H groups in total. The van der Waals surface area contributed by atoms with Crippen LogP contribution >= 0.6 is 12.2 Å². The predicted octanol–water partition coefficient (Wildman–Crippen LogP) is 2.95. The standard InChI is InChI=1S/C15H21N3S/c1-2-15(7-4-8-15)18-14-11(13(16)19)9-10-5-3-6-12(10)17-14/h9H,2-8H2,1H3,(H2,16,19)(H,17,18). The van der Waals surface area contributed by atoms with Gasteiger partial charge in [-0.25, -0.2) is 4.98 Å². The maximum atomic E-state index is 5.88. The van der Waals surface area contributed by atoms with Crippen molar-refractivity contribution in [3.63, 3.8) is 0 Å². The lowest BCUT2D eigenvalue weighted by Crippen LogP contribution is -2.45. The molecular weight excluding hydrogens is 254 g/mol. The summed E-state index contributed by atoms with van der Waals surface area (Å²) < 4.78 is 0. The van der Waals surface area contributed by atoms with Crippen molar-refractivity contribution in [1.29, 1.82) is 0 Å². The first-order chi connectivity index (χ1) is 9.13. The number of nitrogens with zero attached hydrogens (tertiary/aromatic N) is 1. The number of aromatic nitrogens is 1. The number of thiocarbonyl (C=S) groups is 1. The molecule has 0 radical (unpaired) electrons. The monoisotopic (exact) mass is 275 g/mol. The van der Waals surface area contributed by atoms with E-state index < -0.39 is 0 Å². The SMILES string of the molecule is CCC1(Nc2nc3c(cc2C(N)=S)CCC3)CCC1. The number of aryl methyl sites for hydroxylation is 2. The van der Waals surface area contributed by atoms with Gasteiger partial charge in [-0.05, 0) is 56.6 Å². The van der Waals surface area contributed by atoms with Crippen molar-refractivity contribution >= 4 is 23.0 Å². The van der Waals surface area contributed by atoms with E-state index in [1.807, 2.05) is 0 Å². The van der Waals surface area contributed by atoms with E-state index in [1.54, 1.807) is 0 Å². The first kappa shape index (κ1) is 12.9. The van der Waals surface area contributed by atoms with Crippen LogP contribution in [0.4, 0.5) is 5.82 Å². The van der Waals surface area contributed by atoms with Crippen molar-refractivity contribution in [2.24, 2.45) is 5.73 Å². The van der Waals surface area contributed by atoms with Crippen LogP contribution in [0.2, 0.25) is 0 Å². The van der Waals surface area contributed by atoms with Gasteiger partial charge in [0, 0.05) is 11.2 Å². The number of anilines is 1. The lowest BCUT2D eigenvalue weighted by Gasteiger charge is -2.43. The van der Waals surface area contributed by atoms with Crippen LogP contribution in [0, 0.1) is 0 Å². The smallest absolute Gasteiger partial charge is 0.136 e. The first-order valence-electron chi connectivity index (χ1n) is 7.24. The maximum absolute atomic E-state index is 5.88. The fourth-order valence-corrected chi connectivity index (χ4v) is 3.33. The summed E-state index contributed by atoms with van der Waals surface area (Å²) in [7, 11) is 0. The molecule has 0 saturated heterocycles. The Kier molecular flexibility index (Phi) is 3.21. The van der Waals surface area contributed by atoms with E-state index in [1.165, 1.54) is 36.9 Å². The Morgan fingerprint density at radius 2 is 2.21 bits per heavy atom. The van der Waals surface area contributed by atoms with Gasteiger partial charge >= 0.3 is 0 Å². The Morgan fingerprint density at radius 3 is 2.79 bits per heavy atom. The molecule has 0 aliphatic heterocycles. The third kappa shape index (κ3) is 2.22. The van der Waals surface area contributed by atoms with Crippen LogP contribution in [-0.4, -0.2) is 15.5 Å². The van der Waals surface area contributed by atoms with Gasteiger partial charge in [0.2, 0.25) is 0 Å². The summed E-state index contributed by atoms with van der Waals surface area (Å²) in [5, 5.41) is 3.64. The maximum Gasteiger partial charge on any atom is 0.136 e. The molecule has 0 bridgehead atoms. The molecule has 1 aromatic rings. The quantitative estimate of drug-likeness (QED) is 0.830. The summed E-state index contributed by atoms with van der Waals surface area (Å²) in [6.45, 7) is 2.24. The summed E-state index contributed by atoms with van der Waals surface area (Å²) in [5.74, 6) is 0.912. The van der Waals surface area contributed by atoms with Crippen LogP contribution in [0.1, 0.15) is 55.8 Å². The minimum Gasteiger partial charge on any atom is -0.389 e. The van der Waals surface area contributed by atoms with E-state index in [4.69, 9.17) is 22.9 Å². The molecule has 4 heteroatoms. The van der Waals surface area contributed by atoms with Gasteiger partial charge in [-0.2, -0.15) is 0 Å². The van der Waals surface area contributed by atoms with Crippen molar-refractivity contribution < 1.29 is 0 Å². The Labute approximate surface area is 120 Å². The Morgan fingerprint density at radius 1 is 1.42 bits per heavy atom. The van der Waals surface area contributed by atoms with Gasteiger partial charge in [-0.3, -0.25) is 0 Å². The summed E-state index contributed by atoms with van der Waals surface area (Å²) >= 11 is 5.20. The zero-order valence-corrected chi connectivity index (χ0v) is 12.3. The van der Waals surface area contributed by atoms with E-state index in [0.29, 0.717) is 4.99 Å². The average molecular weight is 275 g/mol. The minimum atomic E-state index is 0.222. The zero-order valence-electron chi connectivity index (χ0n) is 11.5. The number of nitrogens with two attached hydrogens (primary N) is 1. The average Bonchev–Trinajstić information content (AvgIpc) is 2.79. The van der Waals surface area contributed by atoms with Gasteiger partial charge in [0.15, 0.2) is 0 Å². The van der Waals surface area contributed by atoms with Gasteiger partial charge in [0.1, 0.15) is 10.8 Å². The molecule has 3 rings (SSSR count). The molecule has 2 aliphatic rings. The molecule has 0 aromatic carbocycles. The molecule has 1 saturated carbocycles. The molecule has 102 valence electrons. The van der Waals surface area contributed by atoms with Crippen LogP contribution in [0.25, 0.3) is 0 Å². The van der Waals surface area contributed by atoms with E-state index in [-0.39, 0.29) is 5.54 Å². The van der Waals surface area contributed by atoms with Crippen LogP contribution in [-0.2, 0) is 12.8 Å². The van der Waals surface area contributed by atoms with E-state index >= 15 is 0 Å². The van der Waals surface area contributed by atoms with Crippen LogP contribution in [0.3, 0.4) is 0 Å². The molecule has 1 aromatic heterocycles. The summed E-state index contributed by atoms with van der Waals surface area (Å²) in [6, 6.07) is 2.15. The van der Waals surface area contributed by atoms with Crippen LogP contribution in [0.15, 0.2) is 6.07 Å². The highest BCUT2D eigenvalue weighted by Crippen LogP contribution is 2.38. The van der Waals surface area contributed by atoms with Crippen LogP contribution < -0.4 is 11.1 Å². The van der Waals surface area contributed by atoms with Crippen LogP contribution in [0.5, 0.6) is 0 Å². The number of hydrogen-bond donors (Lipinski definition) is 2. The fourth-order valence-electron chi connectivity index (χ4n) is 3.18. The topological polar surface area (TPSA) is 50.9 Å². The number of rotatable bonds is 4. The molecule has 0 atom stereocenters. The molecule has 2 aliphatic carbocycles. The van der Waals surface area contributed by atoms with Gasteiger partial charge in [-0.15, -0.1) is 0 Å². The highest BCUT2D eigenvalue weighted by molar-refractivity contribution is 7.80. The number of hydrogen-bond acceptors (Lipinski definition) is 3. The molecule has 1 heterocycles. The summed E-state index contributed by atoms with van der Waals surface area (Å²) in [4.78, 5) is 5.26. The van der Waals surface area contributed by atoms with E-state index in [0.717, 1.165) is 30.6 Å². The molecule has 19 heavy (non-hydrogen) atoms. The number of pyridine rings is 1. The van der Waals surface area contributed by atoms with Gasteiger partial charge < -0.3 is 11.1 Å². The van der Waals surface area contributed by atoms with Gasteiger partial charge in [0.05, 0.1) is 5.56 Å². The van der Waals surface area contributed by atoms with E-state index in [9.17, 15) is 0 Å². The molecular formula is C15H21N3S. The van der Waals surface area contributed by atoms with Gasteiger partial charge in [0.25, 0.3) is 0 Å². The second kappa shape index (κ2) is 4.75. The fraction of sp³-hybridized carbons (Fsp3) is 0.600. The Hall–Kier alpha value is -1.16. The number of fused-ring (bicyclic) bond motifs is 1. The minimum absolute atomic E-state index is 0.222. The third-order valence-electron chi connectivity index (χ3n) is 4.69. The molecule has 0 spiro atoms. The van der Waals surface area contributed by atoms with Crippen molar-refractivity contribution in [2.45, 2.75) is 57.4 Å². The zero-order chi connectivity index (χ0) is 13.5. The molecule has 0 amide bonds. The summed E-state index contributed by atoms with van der Waals surface area (Å²) in [5.41, 5.74) is 9.58. The Bertz CT molecular complexity index is 515. The van der Waals surface area contributed by atoms with E-state index in [2.05, 4.69) is 18.3 Å². The van der Waals surface area contributed by atoms with Gasteiger partial charge in [-0.1, -0.05) is 19.1 Å². The van der Waals surface area contributed by atoms with Crippen molar-refractivity contribution in [1.82, 2.24) is 4.98 Å². The second-order valence-corrected chi connectivity index (χ2v) is 6.26. The first-order valence-corrected chi connectivity index (χ1v) is 7.65. The van der Waals surface area contributed by atoms with Crippen molar-refractivity contribution in [3.05, 3.63) is 22.9 Å². The van der Waals surface area contributed by atoms with Crippen molar-refractivity contribution in [3.8, 4) is 0 Å². The molecule has 1 fully saturated rings. The largest absolute Gasteiger partial charge is 0.389 e. The lowest BCUT2D eigenvalue weighted by molar-refractivity contribution is 0.268. The second-order valence-electron chi connectivity index (χ2n) is 5.82. The Balaban J connectivity index is 1.97. The predicted molar refractivity (Wildman–Crippen MR) is 82.6 cm³/mol. The third-order valence-corrected chi connectivity index (χ3v) is 4.91. The highest BCUT2D eigenvalue weighted by atomic mass is 32.1. The molecule has 3 nitrogen and oxygen atoms in total. The van der Waals surface area contributed by atoms with Crippen molar-refractivity contribution in [2.75, 3.05) is 5.32 Å². The highest BCUT2D eigenvalue weighted by Gasteiger charge is 2.36.